The normalized spacial score (nSPS) is 28.6. The maximum Gasteiger partial charge on any atom is 0.0443 e. The Labute approximate surface area is 88.9 Å². The smallest absolute Gasteiger partial charge is 0.0443 e. The van der Waals surface area contributed by atoms with Crippen LogP contribution >= 0.6 is 0 Å². The number of hydrogen-bond acceptors (Lipinski definition) is 3. The Morgan fingerprint density at radius 1 is 1.43 bits per heavy atom. The van der Waals surface area contributed by atoms with E-state index in [2.05, 4.69) is 18.7 Å². The van der Waals surface area contributed by atoms with Crippen LogP contribution in [0.2, 0.25) is 0 Å². The molecule has 0 aromatic carbocycles. The lowest BCUT2D eigenvalue weighted by atomic mass is 10.1. The molecule has 0 aliphatic carbocycles. The van der Waals surface area contributed by atoms with E-state index in [1.54, 1.807) is 0 Å². The van der Waals surface area contributed by atoms with Crippen LogP contribution < -0.4 is 0 Å². The first-order valence-corrected chi connectivity index (χ1v) is 6.60. The van der Waals surface area contributed by atoms with Crippen molar-refractivity contribution >= 4 is 10.8 Å². The number of nitrogens with zero attached hydrogens (tertiary/aromatic N) is 1. The van der Waals surface area contributed by atoms with E-state index < -0.39 is 10.8 Å². The van der Waals surface area contributed by atoms with Crippen molar-refractivity contribution in [3.63, 3.8) is 0 Å². The molecular formula is C10H21NO2S. The van der Waals surface area contributed by atoms with Crippen molar-refractivity contribution in [2.75, 3.05) is 32.0 Å². The molecule has 0 spiro atoms. The van der Waals surface area contributed by atoms with E-state index in [9.17, 15) is 4.21 Å². The van der Waals surface area contributed by atoms with Gasteiger partial charge in [0, 0.05) is 41.0 Å². The molecule has 1 rings (SSSR count). The topological polar surface area (TPSA) is 40.5 Å². The van der Waals surface area contributed by atoms with E-state index >= 15 is 0 Å². The minimum atomic E-state index is -0.698. The minimum absolute atomic E-state index is 0.0338. The maximum absolute atomic E-state index is 11.8. The summed E-state index contributed by atoms with van der Waals surface area (Å²) in [7, 11) is -0.698. The van der Waals surface area contributed by atoms with E-state index in [4.69, 9.17) is 5.11 Å². The second kappa shape index (κ2) is 5.24. The van der Waals surface area contributed by atoms with Crippen molar-refractivity contribution in [1.82, 2.24) is 4.90 Å². The number of rotatable bonds is 3. The highest BCUT2D eigenvalue weighted by molar-refractivity contribution is 7.86. The summed E-state index contributed by atoms with van der Waals surface area (Å²) in [5, 5.41) is 8.74. The van der Waals surface area contributed by atoms with Crippen molar-refractivity contribution in [3.05, 3.63) is 0 Å². The van der Waals surface area contributed by atoms with Crippen LogP contribution in [0, 0.1) is 0 Å². The van der Waals surface area contributed by atoms with Gasteiger partial charge in [-0.2, -0.15) is 0 Å². The van der Waals surface area contributed by atoms with Gasteiger partial charge in [-0.25, -0.2) is 0 Å². The molecule has 1 heterocycles. The molecule has 0 amide bonds. The first-order chi connectivity index (χ1) is 6.56. The minimum Gasteiger partial charge on any atom is -0.396 e. The quantitative estimate of drug-likeness (QED) is 0.756. The largest absolute Gasteiger partial charge is 0.396 e. The predicted octanol–water partition coefficient (Wildman–Crippen LogP) is 0.602. The van der Waals surface area contributed by atoms with Crippen molar-refractivity contribution in [3.8, 4) is 0 Å². The molecule has 4 heteroatoms. The van der Waals surface area contributed by atoms with Gasteiger partial charge in [0.15, 0.2) is 0 Å². The zero-order chi connectivity index (χ0) is 10.6. The average molecular weight is 219 g/mol. The lowest BCUT2D eigenvalue weighted by molar-refractivity contribution is 0.229. The fourth-order valence-electron chi connectivity index (χ4n) is 1.66. The molecule has 0 bridgehead atoms. The van der Waals surface area contributed by atoms with Crippen molar-refractivity contribution in [1.29, 1.82) is 0 Å². The van der Waals surface area contributed by atoms with Gasteiger partial charge in [-0.15, -0.1) is 0 Å². The Morgan fingerprint density at radius 3 is 2.79 bits per heavy atom. The second-order valence-corrected chi connectivity index (χ2v) is 6.68. The summed E-state index contributed by atoms with van der Waals surface area (Å²) in [5.74, 6) is 0.776. The van der Waals surface area contributed by atoms with Crippen molar-refractivity contribution in [2.24, 2.45) is 0 Å². The zero-order valence-corrected chi connectivity index (χ0v) is 9.98. The second-order valence-electron chi connectivity index (χ2n) is 4.48. The van der Waals surface area contributed by atoms with Crippen molar-refractivity contribution in [2.45, 2.75) is 31.4 Å². The summed E-state index contributed by atoms with van der Waals surface area (Å²) < 4.78 is 11.8. The molecule has 1 aliphatic rings. The third kappa shape index (κ3) is 3.33. The van der Waals surface area contributed by atoms with Gasteiger partial charge in [-0.1, -0.05) is 0 Å². The van der Waals surface area contributed by atoms with Gasteiger partial charge in [-0.05, 0) is 33.2 Å². The number of aliphatic hydroxyl groups excluding tert-OH is 1. The van der Waals surface area contributed by atoms with E-state index in [1.807, 2.05) is 0 Å². The Hall–Kier alpha value is 0.0700. The van der Waals surface area contributed by atoms with Crippen molar-refractivity contribution < 1.29 is 9.32 Å². The van der Waals surface area contributed by atoms with Crippen LogP contribution in [0.3, 0.4) is 0 Å². The number of aliphatic hydroxyl groups is 1. The zero-order valence-electron chi connectivity index (χ0n) is 9.16. The average Bonchev–Trinajstić information content (AvgIpc) is 2.26. The molecule has 1 saturated heterocycles. The molecule has 1 atom stereocenters. The van der Waals surface area contributed by atoms with Crippen LogP contribution in [0.15, 0.2) is 0 Å². The first kappa shape index (κ1) is 12.1. The molecule has 3 nitrogen and oxygen atoms in total. The van der Waals surface area contributed by atoms with Gasteiger partial charge in [0.25, 0.3) is 0 Å². The van der Waals surface area contributed by atoms with Gasteiger partial charge >= 0.3 is 0 Å². The van der Waals surface area contributed by atoms with Crippen LogP contribution in [-0.4, -0.2) is 51.0 Å². The predicted molar refractivity (Wildman–Crippen MR) is 59.8 cm³/mol. The van der Waals surface area contributed by atoms with E-state index in [0.717, 1.165) is 38.2 Å². The number of hydrogen-bond donors (Lipinski definition) is 1. The van der Waals surface area contributed by atoms with Crippen LogP contribution in [0.4, 0.5) is 0 Å². The van der Waals surface area contributed by atoms with Gasteiger partial charge in [0.05, 0.1) is 0 Å². The summed E-state index contributed by atoms with van der Waals surface area (Å²) in [6, 6.07) is 0. The lowest BCUT2D eigenvalue weighted by Gasteiger charge is -2.21. The fraction of sp³-hybridized carbons (Fsp3) is 1.00. The summed E-state index contributed by atoms with van der Waals surface area (Å²) in [6.07, 6.45) is 1.82. The van der Waals surface area contributed by atoms with Gasteiger partial charge in [-0.3, -0.25) is 4.21 Å². The highest BCUT2D eigenvalue weighted by atomic mass is 32.2. The van der Waals surface area contributed by atoms with Gasteiger partial charge in [0.1, 0.15) is 0 Å². The summed E-state index contributed by atoms with van der Waals surface area (Å²) in [4.78, 5) is 2.31. The molecule has 1 unspecified atom stereocenters. The SMILES string of the molecule is CC1(C)CCN(CCCO)CCS1=O. The molecule has 1 N–H and O–H groups in total. The monoisotopic (exact) mass is 219 g/mol. The van der Waals surface area contributed by atoms with Gasteiger partial charge < -0.3 is 10.0 Å². The molecule has 14 heavy (non-hydrogen) atoms. The molecule has 0 radical (unpaired) electrons. The Kier molecular flexibility index (Phi) is 4.54. The standard InChI is InChI=1S/C10H21NO2S/c1-10(2)4-6-11(5-3-8-12)7-9-14(10)13/h12H,3-9H2,1-2H3. The Balaban J connectivity index is 2.44. The lowest BCUT2D eigenvalue weighted by Crippen LogP contribution is -2.29. The van der Waals surface area contributed by atoms with E-state index in [1.165, 1.54) is 0 Å². The van der Waals surface area contributed by atoms with Gasteiger partial charge in [0.2, 0.25) is 0 Å². The van der Waals surface area contributed by atoms with E-state index in [0.29, 0.717) is 0 Å². The molecule has 84 valence electrons. The van der Waals surface area contributed by atoms with Crippen LogP contribution in [0.25, 0.3) is 0 Å². The maximum atomic E-state index is 11.8. The van der Waals surface area contributed by atoms with Crippen LogP contribution in [0.1, 0.15) is 26.7 Å². The molecule has 0 aromatic rings. The highest BCUT2D eigenvalue weighted by Crippen LogP contribution is 2.21. The summed E-state index contributed by atoms with van der Waals surface area (Å²) in [6.45, 7) is 7.28. The highest BCUT2D eigenvalue weighted by Gasteiger charge is 2.29. The molecule has 1 fully saturated rings. The molecule has 1 aliphatic heterocycles. The van der Waals surface area contributed by atoms with Crippen LogP contribution in [0.5, 0.6) is 0 Å². The Bertz CT molecular complexity index is 206. The Morgan fingerprint density at radius 2 is 2.14 bits per heavy atom. The molecular weight excluding hydrogens is 198 g/mol. The van der Waals surface area contributed by atoms with E-state index in [-0.39, 0.29) is 11.4 Å². The fourth-order valence-corrected chi connectivity index (χ4v) is 2.95. The third-order valence-electron chi connectivity index (χ3n) is 2.87. The van der Waals surface area contributed by atoms with Crippen LogP contribution in [-0.2, 0) is 10.8 Å². The third-order valence-corrected chi connectivity index (χ3v) is 4.86. The molecule has 0 aromatic heterocycles. The summed E-state index contributed by atoms with van der Waals surface area (Å²) in [5.41, 5.74) is 0. The summed E-state index contributed by atoms with van der Waals surface area (Å²) >= 11 is 0. The first-order valence-electron chi connectivity index (χ1n) is 5.28. The molecule has 0 saturated carbocycles.